The number of carbonyl (C=O) groups excluding carboxylic acids is 1. The van der Waals surface area contributed by atoms with Crippen molar-refractivity contribution in [3.63, 3.8) is 0 Å². The van der Waals surface area contributed by atoms with Gasteiger partial charge in [-0.25, -0.2) is 4.79 Å². The molecule has 154 valence electrons. The molecule has 7 nitrogen and oxygen atoms in total. The molecule has 1 saturated heterocycles. The molecule has 2 amide bonds. The third-order valence-electron chi connectivity index (χ3n) is 4.99. The van der Waals surface area contributed by atoms with Crippen molar-refractivity contribution in [2.75, 3.05) is 25.0 Å². The number of nitrogens with zero attached hydrogens (tertiary/aromatic N) is 3. The number of rotatable bonds is 6. The maximum Gasteiger partial charge on any atom is 0.321 e. The molecule has 0 saturated carbocycles. The standard InChI is InChI=1S/C23H24N4O3/c28-23(26-21-16-25-30-17-21)27-10-6-18(7-11-27)13-20-3-1-5-22(14-20)29-12-8-19-4-2-9-24-15-19/h1-5,9,13-17H,6-8,10-12H2,(H,26,28). The SMILES string of the molecule is O=C(Nc1cnoc1)N1CCC(=Cc2cccc(OCCc3cccnc3)c2)CC1. The first kappa shape index (κ1) is 19.7. The molecule has 0 aliphatic carbocycles. The number of nitrogens with one attached hydrogen (secondary N) is 1. The lowest BCUT2D eigenvalue weighted by Gasteiger charge is -2.28. The van der Waals surface area contributed by atoms with Crippen molar-refractivity contribution in [1.29, 1.82) is 0 Å². The maximum atomic E-state index is 12.3. The van der Waals surface area contributed by atoms with Crippen molar-refractivity contribution in [2.24, 2.45) is 0 Å². The Hall–Kier alpha value is -3.61. The molecule has 3 heterocycles. The van der Waals surface area contributed by atoms with Crippen molar-refractivity contribution in [3.05, 3.63) is 78.0 Å². The molecule has 0 spiro atoms. The third-order valence-corrected chi connectivity index (χ3v) is 4.99. The van der Waals surface area contributed by atoms with Crippen LogP contribution >= 0.6 is 0 Å². The summed E-state index contributed by atoms with van der Waals surface area (Å²) in [7, 11) is 0. The number of hydrogen-bond donors (Lipinski definition) is 1. The average molecular weight is 404 g/mol. The van der Waals surface area contributed by atoms with E-state index in [-0.39, 0.29) is 6.03 Å². The van der Waals surface area contributed by atoms with Crippen LogP contribution in [0.5, 0.6) is 5.75 Å². The molecule has 1 fully saturated rings. The van der Waals surface area contributed by atoms with Gasteiger partial charge in [0.05, 0.1) is 12.8 Å². The lowest BCUT2D eigenvalue weighted by molar-refractivity contribution is 0.208. The summed E-state index contributed by atoms with van der Waals surface area (Å²) in [6, 6.07) is 12.0. The molecular formula is C23H24N4O3. The molecule has 1 aromatic carbocycles. The number of aromatic nitrogens is 2. The molecule has 0 bridgehead atoms. The number of urea groups is 1. The van der Waals surface area contributed by atoms with Gasteiger partial charge < -0.3 is 19.5 Å². The highest BCUT2D eigenvalue weighted by atomic mass is 16.5. The van der Waals surface area contributed by atoms with Gasteiger partial charge >= 0.3 is 6.03 Å². The second-order valence-electron chi connectivity index (χ2n) is 7.17. The number of ether oxygens (including phenoxy) is 1. The number of carbonyl (C=O) groups is 1. The second kappa shape index (κ2) is 9.73. The normalized spacial score (nSPS) is 13.7. The van der Waals surface area contributed by atoms with Crippen LogP contribution in [0.1, 0.15) is 24.0 Å². The van der Waals surface area contributed by atoms with Crippen molar-refractivity contribution in [1.82, 2.24) is 15.0 Å². The van der Waals surface area contributed by atoms with E-state index in [4.69, 9.17) is 9.26 Å². The predicted molar refractivity (Wildman–Crippen MR) is 114 cm³/mol. The highest BCUT2D eigenvalue weighted by Crippen LogP contribution is 2.22. The predicted octanol–water partition coefficient (Wildman–Crippen LogP) is 4.40. The lowest BCUT2D eigenvalue weighted by atomic mass is 10.0. The molecule has 3 aromatic rings. The monoisotopic (exact) mass is 404 g/mol. The Kier molecular flexibility index (Phi) is 6.39. The molecule has 0 radical (unpaired) electrons. The number of pyridine rings is 1. The Morgan fingerprint density at radius 3 is 2.87 bits per heavy atom. The van der Waals surface area contributed by atoms with Crippen LogP contribution in [0.15, 0.2) is 71.3 Å². The number of hydrogen-bond acceptors (Lipinski definition) is 5. The molecular weight excluding hydrogens is 380 g/mol. The molecule has 7 heteroatoms. The minimum Gasteiger partial charge on any atom is -0.493 e. The van der Waals surface area contributed by atoms with E-state index < -0.39 is 0 Å². The van der Waals surface area contributed by atoms with Crippen molar-refractivity contribution in [3.8, 4) is 5.75 Å². The fourth-order valence-corrected chi connectivity index (χ4v) is 3.37. The van der Waals surface area contributed by atoms with E-state index >= 15 is 0 Å². The van der Waals surface area contributed by atoms with E-state index in [1.807, 2.05) is 29.3 Å². The number of likely N-dealkylation sites (tertiary alicyclic amines) is 1. The van der Waals surface area contributed by atoms with Gasteiger partial charge in [-0.1, -0.05) is 35.0 Å². The minimum atomic E-state index is -0.124. The summed E-state index contributed by atoms with van der Waals surface area (Å²) >= 11 is 0. The highest BCUT2D eigenvalue weighted by molar-refractivity contribution is 5.89. The Morgan fingerprint density at radius 1 is 1.20 bits per heavy atom. The molecule has 4 rings (SSSR count). The highest BCUT2D eigenvalue weighted by Gasteiger charge is 2.19. The number of piperidine rings is 1. The van der Waals surface area contributed by atoms with Gasteiger partial charge in [-0.2, -0.15) is 0 Å². The van der Waals surface area contributed by atoms with Crippen LogP contribution in [-0.2, 0) is 6.42 Å². The molecule has 2 aromatic heterocycles. The van der Waals surface area contributed by atoms with Crippen LogP contribution in [0.25, 0.3) is 6.08 Å². The van der Waals surface area contributed by atoms with E-state index in [2.05, 4.69) is 39.7 Å². The van der Waals surface area contributed by atoms with E-state index in [0.717, 1.165) is 36.1 Å². The van der Waals surface area contributed by atoms with Crippen LogP contribution in [-0.4, -0.2) is 40.8 Å². The number of benzene rings is 1. The summed E-state index contributed by atoms with van der Waals surface area (Å²) in [5, 5.41) is 6.38. The quantitative estimate of drug-likeness (QED) is 0.659. The zero-order valence-corrected chi connectivity index (χ0v) is 16.7. The van der Waals surface area contributed by atoms with Gasteiger partial charge in [0, 0.05) is 31.9 Å². The zero-order valence-electron chi connectivity index (χ0n) is 16.7. The lowest BCUT2D eigenvalue weighted by Crippen LogP contribution is -2.39. The van der Waals surface area contributed by atoms with Crippen molar-refractivity contribution in [2.45, 2.75) is 19.3 Å². The van der Waals surface area contributed by atoms with Gasteiger partial charge in [0.15, 0.2) is 0 Å². The topological polar surface area (TPSA) is 80.5 Å². The number of amides is 2. The Labute approximate surface area is 175 Å². The molecule has 30 heavy (non-hydrogen) atoms. The summed E-state index contributed by atoms with van der Waals surface area (Å²) in [6.07, 6.45) is 11.3. The average Bonchev–Trinajstić information content (AvgIpc) is 3.28. The second-order valence-corrected chi connectivity index (χ2v) is 7.17. The first-order valence-corrected chi connectivity index (χ1v) is 10.0. The van der Waals surface area contributed by atoms with Crippen LogP contribution in [0.2, 0.25) is 0 Å². The van der Waals surface area contributed by atoms with Gasteiger partial charge in [0.2, 0.25) is 0 Å². The molecule has 1 aliphatic heterocycles. The molecule has 0 unspecified atom stereocenters. The van der Waals surface area contributed by atoms with Gasteiger partial charge in [-0.05, 0) is 42.2 Å². The maximum absolute atomic E-state index is 12.3. The molecule has 1 aliphatic rings. The van der Waals surface area contributed by atoms with Crippen LogP contribution in [0, 0.1) is 0 Å². The van der Waals surface area contributed by atoms with E-state index in [1.165, 1.54) is 18.0 Å². The van der Waals surface area contributed by atoms with Crippen LogP contribution < -0.4 is 10.1 Å². The first-order chi connectivity index (χ1) is 14.8. The van der Waals surface area contributed by atoms with E-state index in [0.29, 0.717) is 25.4 Å². The zero-order chi connectivity index (χ0) is 20.6. The van der Waals surface area contributed by atoms with E-state index in [1.54, 1.807) is 6.20 Å². The minimum absolute atomic E-state index is 0.124. The molecule has 0 atom stereocenters. The van der Waals surface area contributed by atoms with E-state index in [9.17, 15) is 4.79 Å². The Bertz CT molecular complexity index is 977. The summed E-state index contributed by atoms with van der Waals surface area (Å²) in [5.74, 6) is 0.860. The van der Waals surface area contributed by atoms with Gasteiger partial charge in [0.25, 0.3) is 0 Å². The van der Waals surface area contributed by atoms with Gasteiger partial charge in [-0.3, -0.25) is 4.98 Å². The fraction of sp³-hybridized carbons (Fsp3) is 0.261. The van der Waals surface area contributed by atoms with Crippen molar-refractivity contribution < 1.29 is 14.1 Å². The van der Waals surface area contributed by atoms with Gasteiger partial charge in [0.1, 0.15) is 17.7 Å². The fourth-order valence-electron chi connectivity index (χ4n) is 3.37. The summed E-state index contributed by atoms with van der Waals surface area (Å²) in [5.41, 5.74) is 4.18. The smallest absolute Gasteiger partial charge is 0.321 e. The number of anilines is 1. The van der Waals surface area contributed by atoms with Crippen LogP contribution in [0.3, 0.4) is 0 Å². The summed E-state index contributed by atoms with van der Waals surface area (Å²) in [6.45, 7) is 1.98. The van der Waals surface area contributed by atoms with Crippen LogP contribution in [0.4, 0.5) is 10.5 Å². The third kappa shape index (κ3) is 5.47. The first-order valence-electron chi connectivity index (χ1n) is 10.0. The Balaban J connectivity index is 1.27. The molecule has 1 N–H and O–H groups in total. The summed E-state index contributed by atoms with van der Waals surface area (Å²) < 4.78 is 10.6. The van der Waals surface area contributed by atoms with Gasteiger partial charge in [-0.15, -0.1) is 0 Å². The Morgan fingerprint density at radius 2 is 2.10 bits per heavy atom. The largest absolute Gasteiger partial charge is 0.493 e. The summed E-state index contributed by atoms with van der Waals surface area (Å²) in [4.78, 5) is 18.2. The van der Waals surface area contributed by atoms with Crippen molar-refractivity contribution >= 4 is 17.8 Å².